The number of nitrogens with zero attached hydrogens (tertiary/aromatic N) is 2. The molecule has 2 heterocycles. The summed E-state index contributed by atoms with van der Waals surface area (Å²) in [6, 6.07) is 10.6. The summed E-state index contributed by atoms with van der Waals surface area (Å²) >= 11 is 2.03. The lowest BCUT2D eigenvalue weighted by molar-refractivity contribution is 0.784. The summed E-state index contributed by atoms with van der Waals surface area (Å²) in [5.41, 5.74) is 2.39. The van der Waals surface area contributed by atoms with Crippen molar-refractivity contribution < 1.29 is 0 Å². The zero-order chi connectivity index (χ0) is 13.1. The molecule has 0 spiro atoms. The molecule has 3 rings (SSSR count). The highest BCUT2D eigenvalue weighted by molar-refractivity contribution is 7.99. The Balaban J connectivity index is 2.05. The highest BCUT2D eigenvalue weighted by Gasteiger charge is 2.16. The number of nitrogens with one attached hydrogen (secondary N) is 1. The normalized spacial score (nSPS) is 15.9. The molecule has 1 aromatic heterocycles. The van der Waals surface area contributed by atoms with Crippen molar-refractivity contribution in [2.24, 2.45) is 0 Å². The van der Waals surface area contributed by atoms with E-state index in [-0.39, 0.29) is 0 Å². The molecule has 0 atom stereocenters. The van der Waals surface area contributed by atoms with E-state index < -0.39 is 0 Å². The first-order valence-electron chi connectivity index (χ1n) is 6.74. The molecule has 1 aromatic carbocycles. The number of pyridine rings is 1. The summed E-state index contributed by atoms with van der Waals surface area (Å²) in [6.07, 6.45) is 0. The van der Waals surface area contributed by atoms with E-state index in [4.69, 9.17) is 4.98 Å². The van der Waals surface area contributed by atoms with Crippen molar-refractivity contribution in [1.82, 2.24) is 10.3 Å². The Hall–Kier alpha value is -1.26. The van der Waals surface area contributed by atoms with Crippen LogP contribution in [-0.2, 0) is 6.54 Å². The van der Waals surface area contributed by atoms with Crippen molar-refractivity contribution in [2.75, 3.05) is 36.5 Å². The van der Waals surface area contributed by atoms with Crippen molar-refractivity contribution in [3.8, 4) is 0 Å². The Kier molecular flexibility index (Phi) is 3.89. The summed E-state index contributed by atoms with van der Waals surface area (Å²) in [4.78, 5) is 7.32. The monoisotopic (exact) mass is 273 g/mol. The van der Waals surface area contributed by atoms with Gasteiger partial charge >= 0.3 is 0 Å². The van der Waals surface area contributed by atoms with Gasteiger partial charge < -0.3 is 10.2 Å². The number of rotatable bonds is 3. The van der Waals surface area contributed by atoms with E-state index in [0.29, 0.717) is 0 Å². The molecule has 1 fully saturated rings. The summed E-state index contributed by atoms with van der Waals surface area (Å²) in [6.45, 7) is 3.08. The van der Waals surface area contributed by atoms with Gasteiger partial charge in [0, 0.05) is 42.1 Å². The first kappa shape index (κ1) is 12.8. The van der Waals surface area contributed by atoms with Gasteiger partial charge in [0.2, 0.25) is 0 Å². The zero-order valence-electron chi connectivity index (χ0n) is 11.2. The molecule has 2 aromatic rings. The average molecular weight is 273 g/mol. The van der Waals surface area contributed by atoms with Gasteiger partial charge in [-0.15, -0.1) is 0 Å². The van der Waals surface area contributed by atoms with Crippen LogP contribution in [0.2, 0.25) is 0 Å². The number of anilines is 1. The fourth-order valence-electron chi connectivity index (χ4n) is 2.52. The van der Waals surface area contributed by atoms with Crippen LogP contribution in [0.25, 0.3) is 10.9 Å². The molecule has 1 N–H and O–H groups in total. The van der Waals surface area contributed by atoms with Gasteiger partial charge in [-0.3, -0.25) is 0 Å². The molecule has 0 aliphatic carbocycles. The molecular formula is C15H19N3S. The van der Waals surface area contributed by atoms with Crippen LogP contribution >= 0.6 is 11.8 Å². The van der Waals surface area contributed by atoms with Gasteiger partial charge in [0.05, 0.1) is 5.52 Å². The van der Waals surface area contributed by atoms with Gasteiger partial charge in [-0.1, -0.05) is 18.2 Å². The Labute approximate surface area is 118 Å². The first-order chi connectivity index (χ1) is 9.38. The minimum absolute atomic E-state index is 0.872. The lowest BCUT2D eigenvalue weighted by Crippen LogP contribution is -2.34. The molecule has 4 heteroatoms. The molecule has 19 heavy (non-hydrogen) atoms. The third kappa shape index (κ3) is 2.69. The van der Waals surface area contributed by atoms with Gasteiger partial charge in [-0.25, -0.2) is 4.98 Å². The highest BCUT2D eigenvalue weighted by Crippen LogP contribution is 2.25. The van der Waals surface area contributed by atoms with Crippen LogP contribution in [0.4, 0.5) is 5.82 Å². The third-order valence-electron chi connectivity index (χ3n) is 3.46. The van der Waals surface area contributed by atoms with E-state index in [0.717, 1.165) is 31.0 Å². The maximum absolute atomic E-state index is 4.89. The standard InChI is InChI=1S/C15H19N3S/c1-16-11-13-10-12-4-2-3-5-14(12)17-15(13)18-6-8-19-9-7-18/h2-5,10,16H,6-9,11H2,1H3. The molecule has 0 bridgehead atoms. The van der Waals surface area contributed by atoms with Crippen LogP contribution < -0.4 is 10.2 Å². The molecule has 0 unspecified atom stereocenters. The van der Waals surface area contributed by atoms with Crippen LogP contribution in [-0.4, -0.2) is 36.6 Å². The maximum Gasteiger partial charge on any atom is 0.133 e. The minimum Gasteiger partial charge on any atom is -0.355 e. The van der Waals surface area contributed by atoms with Crippen LogP contribution in [0.5, 0.6) is 0 Å². The number of para-hydroxylation sites is 1. The van der Waals surface area contributed by atoms with Crippen molar-refractivity contribution >= 4 is 28.5 Å². The van der Waals surface area contributed by atoms with E-state index in [9.17, 15) is 0 Å². The van der Waals surface area contributed by atoms with E-state index >= 15 is 0 Å². The molecule has 1 aliphatic rings. The summed E-state index contributed by atoms with van der Waals surface area (Å²) in [5, 5.41) is 4.48. The predicted molar refractivity (Wildman–Crippen MR) is 84.0 cm³/mol. The van der Waals surface area contributed by atoms with Gasteiger partial charge in [0.25, 0.3) is 0 Å². The van der Waals surface area contributed by atoms with E-state index in [1.54, 1.807) is 0 Å². The highest BCUT2D eigenvalue weighted by atomic mass is 32.2. The number of thioether (sulfide) groups is 1. The van der Waals surface area contributed by atoms with Gasteiger partial charge in [0.15, 0.2) is 0 Å². The molecule has 0 saturated carbocycles. The van der Waals surface area contributed by atoms with Crippen LogP contribution in [0.15, 0.2) is 30.3 Å². The van der Waals surface area contributed by atoms with Crippen molar-refractivity contribution in [1.29, 1.82) is 0 Å². The fourth-order valence-corrected chi connectivity index (χ4v) is 3.42. The van der Waals surface area contributed by atoms with Crippen molar-refractivity contribution in [2.45, 2.75) is 6.54 Å². The summed E-state index contributed by atoms with van der Waals surface area (Å²) in [5.74, 6) is 3.56. The van der Waals surface area contributed by atoms with E-state index in [2.05, 4.69) is 40.5 Å². The van der Waals surface area contributed by atoms with Gasteiger partial charge in [-0.2, -0.15) is 11.8 Å². The molecule has 0 radical (unpaired) electrons. The Bertz CT molecular complexity index is 564. The quantitative estimate of drug-likeness (QED) is 0.930. The Morgan fingerprint density at radius 2 is 2.05 bits per heavy atom. The number of hydrogen-bond acceptors (Lipinski definition) is 4. The number of aromatic nitrogens is 1. The van der Waals surface area contributed by atoms with E-state index in [1.807, 2.05) is 18.8 Å². The number of fused-ring (bicyclic) bond motifs is 1. The lowest BCUT2D eigenvalue weighted by atomic mass is 10.1. The third-order valence-corrected chi connectivity index (χ3v) is 4.40. The molecule has 1 aliphatic heterocycles. The van der Waals surface area contributed by atoms with Crippen molar-refractivity contribution in [3.05, 3.63) is 35.9 Å². The van der Waals surface area contributed by atoms with Gasteiger partial charge in [-0.05, 0) is 19.2 Å². The maximum atomic E-state index is 4.89. The molecule has 3 nitrogen and oxygen atoms in total. The lowest BCUT2D eigenvalue weighted by Gasteiger charge is -2.29. The summed E-state index contributed by atoms with van der Waals surface area (Å²) < 4.78 is 0. The molecule has 1 saturated heterocycles. The van der Waals surface area contributed by atoms with Crippen LogP contribution in [0.3, 0.4) is 0 Å². The number of hydrogen-bond donors (Lipinski definition) is 1. The van der Waals surface area contributed by atoms with Crippen molar-refractivity contribution in [3.63, 3.8) is 0 Å². The predicted octanol–water partition coefficient (Wildman–Crippen LogP) is 2.51. The van der Waals surface area contributed by atoms with E-state index in [1.165, 1.54) is 22.5 Å². The number of benzene rings is 1. The minimum atomic E-state index is 0.872. The van der Waals surface area contributed by atoms with Crippen LogP contribution in [0, 0.1) is 0 Å². The largest absolute Gasteiger partial charge is 0.355 e. The second-order valence-electron chi connectivity index (χ2n) is 4.79. The Morgan fingerprint density at radius 3 is 2.84 bits per heavy atom. The second kappa shape index (κ2) is 5.80. The molecule has 100 valence electrons. The topological polar surface area (TPSA) is 28.2 Å². The molecular weight excluding hydrogens is 254 g/mol. The summed E-state index contributed by atoms with van der Waals surface area (Å²) in [7, 11) is 1.99. The van der Waals surface area contributed by atoms with Gasteiger partial charge in [0.1, 0.15) is 5.82 Å². The molecule has 0 amide bonds. The zero-order valence-corrected chi connectivity index (χ0v) is 12.0. The average Bonchev–Trinajstić information content (AvgIpc) is 2.48. The fraction of sp³-hybridized carbons (Fsp3) is 0.400. The second-order valence-corrected chi connectivity index (χ2v) is 6.02. The first-order valence-corrected chi connectivity index (χ1v) is 7.90. The smallest absolute Gasteiger partial charge is 0.133 e. The van der Waals surface area contributed by atoms with Crippen LogP contribution in [0.1, 0.15) is 5.56 Å². The Morgan fingerprint density at radius 1 is 1.26 bits per heavy atom. The SMILES string of the molecule is CNCc1cc2ccccc2nc1N1CCSCC1.